The molecule has 0 saturated heterocycles. The van der Waals surface area contributed by atoms with E-state index in [4.69, 9.17) is 9.47 Å². The summed E-state index contributed by atoms with van der Waals surface area (Å²) in [5.74, 6) is 0.646. The van der Waals surface area contributed by atoms with Crippen LogP contribution >= 0.6 is 0 Å². The number of aromatic amines is 1. The van der Waals surface area contributed by atoms with Gasteiger partial charge < -0.3 is 14.5 Å². The molecule has 0 amide bonds. The number of rotatable bonds is 0. The Balaban J connectivity index is 2.47. The number of ether oxygens (including phenoxy) is 2. The van der Waals surface area contributed by atoms with Crippen LogP contribution < -0.4 is 9.47 Å². The second-order valence-corrected chi connectivity index (χ2v) is 2.52. The van der Waals surface area contributed by atoms with Crippen molar-refractivity contribution in [2.75, 3.05) is 6.79 Å². The van der Waals surface area contributed by atoms with Crippen molar-refractivity contribution in [1.82, 2.24) is 9.97 Å². The number of aromatic nitrogens is 2. The third kappa shape index (κ3) is 0.637. The fourth-order valence-corrected chi connectivity index (χ4v) is 1.25. The maximum absolute atomic E-state index is 5.23. The first-order chi connectivity index (χ1) is 5.93. The van der Waals surface area contributed by atoms with Crippen LogP contribution in [0.5, 0.6) is 11.8 Å². The topological polar surface area (TPSA) is 47.1 Å². The Morgan fingerprint density at radius 1 is 1.50 bits per heavy atom. The van der Waals surface area contributed by atoms with Crippen molar-refractivity contribution in [3.05, 3.63) is 18.2 Å². The quantitative estimate of drug-likeness (QED) is 0.629. The highest BCUT2D eigenvalue weighted by molar-refractivity contribution is 5.82. The summed E-state index contributed by atoms with van der Waals surface area (Å²) in [7, 11) is 0. The van der Waals surface area contributed by atoms with Gasteiger partial charge >= 0.3 is 0 Å². The van der Waals surface area contributed by atoms with Crippen molar-refractivity contribution in [3.63, 3.8) is 0 Å². The van der Waals surface area contributed by atoms with E-state index in [1.807, 2.05) is 6.07 Å². The largest absolute Gasteiger partial charge is 0.454 e. The molecule has 3 rings (SSSR count). The van der Waals surface area contributed by atoms with Crippen molar-refractivity contribution < 1.29 is 9.47 Å². The predicted octanol–water partition coefficient (Wildman–Crippen LogP) is 1.09. The van der Waals surface area contributed by atoms with Crippen LogP contribution in [0.25, 0.3) is 11.0 Å². The number of hydrogen-bond donors (Lipinski definition) is 1. The number of imidazole rings is 1. The molecule has 4 heteroatoms. The minimum absolute atomic E-state index is 0.193. The third-order valence-electron chi connectivity index (χ3n) is 1.79. The zero-order valence-electron chi connectivity index (χ0n) is 6.13. The van der Waals surface area contributed by atoms with Gasteiger partial charge in [0.25, 0.3) is 6.01 Å². The molecule has 0 spiro atoms. The van der Waals surface area contributed by atoms with E-state index >= 15 is 0 Å². The van der Waals surface area contributed by atoms with Crippen LogP contribution in [-0.4, -0.2) is 16.8 Å². The van der Waals surface area contributed by atoms with E-state index < -0.39 is 0 Å². The molecule has 1 aromatic heterocycles. The third-order valence-corrected chi connectivity index (χ3v) is 1.79. The Bertz CT molecular complexity index is 436. The number of H-pyrrole nitrogens is 1. The molecule has 2 bridgehead atoms. The molecule has 0 atom stereocenters. The first-order valence-corrected chi connectivity index (χ1v) is 3.59. The summed E-state index contributed by atoms with van der Waals surface area (Å²) in [6.45, 7) is 0.193. The fraction of sp³-hybridized carbons (Fsp3) is 0.125. The van der Waals surface area contributed by atoms with E-state index in [0.29, 0.717) is 11.8 Å². The summed E-state index contributed by atoms with van der Waals surface area (Å²) in [4.78, 5) is 7.16. The van der Waals surface area contributed by atoms with E-state index in [1.54, 1.807) is 6.07 Å². The molecule has 2 aromatic rings. The number of hydrogen-bond acceptors (Lipinski definition) is 3. The second-order valence-electron chi connectivity index (χ2n) is 2.52. The SMILES string of the molecule is [c]1ccc2[nH]c3nc2c1OCO3. The number of benzene rings is 1. The molecular formula is C8H5N2O2. The average molecular weight is 161 g/mol. The highest BCUT2D eigenvalue weighted by Crippen LogP contribution is 2.27. The fourth-order valence-electron chi connectivity index (χ4n) is 1.25. The molecule has 0 fully saturated rings. The van der Waals surface area contributed by atoms with Crippen LogP contribution in [-0.2, 0) is 0 Å². The van der Waals surface area contributed by atoms with E-state index in [-0.39, 0.29) is 6.79 Å². The molecule has 1 N–H and O–H groups in total. The summed E-state index contributed by atoms with van der Waals surface area (Å²) >= 11 is 0. The van der Waals surface area contributed by atoms with Gasteiger partial charge in [-0.25, -0.2) is 0 Å². The lowest BCUT2D eigenvalue weighted by molar-refractivity contribution is 0.116. The maximum Gasteiger partial charge on any atom is 0.297 e. The average Bonchev–Trinajstić information content (AvgIpc) is 2.37. The lowest BCUT2D eigenvalue weighted by atomic mass is 10.3. The van der Waals surface area contributed by atoms with Crippen LogP contribution in [0, 0.1) is 6.07 Å². The van der Waals surface area contributed by atoms with Gasteiger partial charge in [0.1, 0.15) is 5.52 Å². The predicted molar refractivity (Wildman–Crippen MR) is 41.1 cm³/mol. The van der Waals surface area contributed by atoms with Gasteiger partial charge in [0.15, 0.2) is 5.75 Å². The summed E-state index contributed by atoms with van der Waals surface area (Å²) in [6, 6.07) is 7.13. The van der Waals surface area contributed by atoms with Crippen LogP contribution in [0.1, 0.15) is 0 Å². The molecule has 59 valence electrons. The minimum atomic E-state index is 0.193. The molecular weight excluding hydrogens is 156 g/mol. The summed E-state index contributed by atoms with van der Waals surface area (Å²) in [5.41, 5.74) is 1.70. The van der Waals surface area contributed by atoms with Gasteiger partial charge in [-0.05, 0) is 12.1 Å². The Kier molecular flexibility index (Phi) is 0.935. The minimum Gasteiger partial charge on any atom is -0.454 e. The van der Waals surface area contributed by atoms with Gasteiger partial charge in [-0.2, -0.15) is 4.98 Å². The van der Waals surface area contributed by atoms with Crippen molar-refractivity contribution in [1.29, 1.82) is 0 Å². The molecule has 12 heavy (non-hydrogen) atoms. The van der Waals surface area contributed by atoms with Crippen molar-refractivity contribution in [2.24, 2.45) is 0 Å². The summed E-state index contributed by atoms with van der Waals surface area (Å²) < 4.78 is 10.3. The van der Waals surface area contributed by atoms with E-state index in [9.17, 15) is 0 Å². The van der Waals surface area contributed by atoms with Crippen LogP contribution in [0.15, 0.2) is 12.1 Å². The zero-order valence-corrected chi connectivity index (χ0v) is 6.13. The lowest BCUT2D eigenvalue weighted by Gasteiger charge is -2.04. The van der Waals surface area contributed by atoms with E-state index in [0.717, 1.165) is 11.0 Å². The summed E-state index contributed by atoms with van der Waals surface area (Å²) in [6.07, 6.45) is 0. The molecule has 1 aliphatic rings. The molecule has 0 saturated carbocycles. The Morgan fingerprint density at radius 3 is 3.50 bits per heavy atom. The molecule has 2 heterocycles. The van der Waals surface area contributed by atoms with Gasteiger partial charge in [0.2, 0.25) is 6.79 Å². The van der Waals surface area contributed by atoms with Crippen molar-refractivity contribution in [2.45, 2.75) is 0 Å². The zero-order chi connectivity index (χ0) is 7.97. The molecule has 1 aromatic carbocycles. The molecule has 1 radical (unpaired) electrons. The highest BCUT2D eigenvalue weighted by Gasteiger charge is 2.12. The second kappa shape index (κ2) is 1.91. The van der Waals surface area contributed by atoms with Crippen LogP contribution in [0.4, 0.5) is 0 Å². The Morgan fingerprint density at radius 2 is 2.50 bits per heavy atom. The molecule has 0 aliphatic carbocycles. The van der Waals surface area contributed by atoms with Gasteiger partial charge in [-0.15, -0.1) is 0 Å². The maximum atomic E-state index is 5.23. The van der Waals surface area contributed by atoms with Gasteiger partial charge in [-0.1, -0.05) is 0 Å². The van der Waals surface area contributed by atoms with Gasteiger partial charge in [0, 0.05) is 6.07 Å². The highest BCUT2D eigenvalue weighted by atomic mass is 16.7. The first kappa shape index (κ1) is 5.88. The Labute approximate surface area is 68.1 Å². The summed E-state index contributed by atoms with van der Waals surface area (Å²) in [5, 5.41) is 0. The van der Waals surface area contributed by atoms with Gasteiger partial charge in [0.05, 0.1) is 5.52 Å². The van der Waals surface area contributed by atoms with Gasteiger partial charge in [-0.3, -0.25) is 0 Å². The lowest BCUT2D eigenvalue weighted by Crippen LogP contribution is -2.05. The smallest absolute Gasteiger partial charge is 0.297 e. The van der Waals surface area contributed by atoms with Crippen LogP contribution in [0.2, 0.25) is 0 Å². The molecule has 4 nitrogen and oxygen atoms in total. The normalized spacial score (nSPS) is 14.0. The van der Waals surface area contributed by atoms with Crippen LogP contribution in [0.3, 0.4) is 0 Å². The first-order valence-electron chi connectivity index (χ1n) is 3.59. The monoisotopic (exact) mass is 161 g/mol. The number of fused-ring (bicyclic) bond motifs is 1. The molecule has 1 aliphatic heterocycles. The molecule has 0 unspecified atom stereocenters. The van der Waals surface area contributed by atoms with Crippen molar-refractivity contribution in [3.8, 4) is 11.8 Å². The number of nitrogens with one attached hydrogen (secondary N) is 1. The van der Waals surface area contributed by atoms with Crippen molar-refractivity contribution >= 4 is 11.0 Å². The van der Waals surface area contributed by atoms with E-state index in [1.165, 1.54) is 0 Å². The number of nitrogens with zero attached hydrogens (tertiary/aromatic N) is 1. The van der Waals surface area contributed by atoms with E-state index in [2.05, 4.69) is 16.0 Å². The Hall–Kier alpha value is -1.71. The standard InChI is InChI=1S/C8H5N2O2/c1-2-5-7-6(3-1)11-4-12-8(9-5)10-7/h1-2H,4H2,(H,9,10).